The molecule has 0 amide bonds. The molecule has 0 atom stereocenters. The van der Waals surface area contributed by atoms with Gasteiger partial charge in [0.25, 0.3) is 0 Å². The fourth-order valence-corrected chi connectivity index (χ4v) is 11.9. The van der Waals surface area contributed by atoms with Crippen molar-refractivity contribution in [1.29, 1.82) is 0 Å². The maximum Gasteiger partial charge on any atom is 0.198 e. The summed E-state index contributed by atoms with van der Waals surface area (Å²) < 4.78 is 22.7. The van der Waals surface area contributed by atoms with Crippen molar-refractivity contribution in [2.75, 3.05) is 5.32 Å². The highest BCUT2D eigenvalue weighted by molar-refractivity contribution is 6.73. The van der Waals surface area contributed by atoms with E-state index in [2.05, 4.69) is 192 Å². The zero-order chi connectivity index (χ0) is 46.0. The number of fused-ring (bicyclic) bond motifs is 13. The number of hydrogen-bond acceptors (Lipinski definition) is 4. The van der Waals surface area contributed by atoms with Gasteiger partial charge in [-0.05, 0) is 117 Å². The lowest BCUT2D eigenvalue weighted by atomic mass is 9.59. The van der Waals surface area contributed by atoms with Crippen LogP contribution >= 0.6 is 0 Å². The molecule has 68 heavy (non-hydrogen) atoms. The number of nitrogens with zero attached hydrogens (tertiary/aromatic N) is 1. The Balaban J connectivity index is 1.05. The fraction of sp³-hybridized carbons (Fsp3) is 0.194. The first-order valence-electron chi connectivity index (χ1n) is 24.2. The minimum Gasteiger partial charge on any atom is -0.456 e. The number of nitrogens with one attached hydrogen (secondary N) is 1. The number of anilines is 2. The Bertz CT molecular complexity index is 4110. The Morgan fingerprint density at radius 1 is 0.544 bits per heavy atom. The van der Waals surface area contributed by atoms with Gasteiger partial charge < -0.3 is 23.1 Å². The van der Waals surface area contributed by atoms with Crippen LogP contribution in [0.3, 0.4) is 0 Å². The summed E-state index contributed by atoms with van der Waals surface area (Å²) in [4.78, 5) is 0. The number of furan rings is 3. The lowest BCUT2D eigenvalue weighted by Gasteiger charge is -2.41. The molecule has 4 aromatic heterocycles. The molecule has 8 aromatic carbocycles. The summed E-state index contributed by atoms with van der Waals surface area (Å²) in [6.07, 6.45) is 2.30. The predicted molar refractivity (Wildman–Crippen MR) is 286 cm³/mol. The van der Waals surface area contributed by atoms with Gasteiger partial charge in [-0.2, -0.15) is 0 Å². The lowest BCUT2D eigenvalue weighted by Crippen LogP contribution is -2.37. The molecule has 12 aromatic rings. The molecule has 1 aliphatic carbocycles. The largest absolute Gasteiger partial charge is 0.456 e. The molecule has 0 saturated carbocycles. The monoisotopic (exact) mass is 882 g/mol. The van der Waals surface area contributed by atoms with E-state index in [9.17, 15) is 0 Å². The number of para-hydroxylation sites is 1. The van der Waals surface area contributed by atoms with Gasteiger partial charge in [0.1, 0.15) is 33.7 Å². The standard InChI is InChI=1S/C62H51BN2O3/c1-60(2,3)36-17-19-37(20-18-36)64-49-32-56-44(45-29-46-47(30-55(45)68-56)62(6,7)24-23-61(46,4)5)27-41(49)39-21-22-40-42-28-43-38-15-11-12-16-52(38)66-57(43)33-50(42)65-51-25-35-26-53(34-13-9-8-10-14-34)67-54(35)31-48(51)63-58(39)59(40)65/h8-22,25-33,63-64H,23-24H2,1-7H3. The first-order chi connectivity index (χ1) is 32.8. The second-order valence-electron chi connectivity index (χ2n) is 22.1. The van der Waals surface area contributed by atoms with Crippen LogP contribution in [0.5, 0.6) is 0 Å². The molecule has 5 nitrogen and oxygen atoms in total. The van der Waals surface area contributed by atoms with Crippen LogP contribution in [0, 0.1) is 0 Å². The van der Waals surface area contributed by atoms with Gasteiger partial charge in [-0.3, -0.25) is 0 Å². The highest BCUT2D eigenvalue weighted by Gasteiger charge is 2.38. The summed E-state index contributed by atoms with van der Waals surface area (Å²) in [7, 11) is 0.732. The second-order valence-corrected chi connectivity index (χ2v) is 22.1. The Hall–Kier alpha value is -7.44. The summed E-state index contributed by atoms with van der Waals surface area (Å²) in [6, 6.07) is 53.3. The van der Waals surface area contributed by atoms with Crippen LogP contribution in [0.25, 0.3) is 105 Å². The van der Waals surface area contributed by atoms with Gasteiger partial charge in [-0.25, -0.2) is 0 Å². The molecule has 14 rings (SSSR count). The van der Waals surface area contributed by atoms with Crippen LogP contribution in [0.1, 0.15) is 78.0 Å². The third kappa shape index (κ3) is 5.76. The summed E-state index contributed by atoms with van der Waals surface area (Å²) in [5, 5.41) is 12.0. The van der Waals surface area contributed by atoms with Crippen molar-refractivity contribution in [3.63, 3.8) is 0 Å². The maximum absolute atomic E-state index is 6.93. The molecule has 0 spiro atoms. The maximum atomic E-state index is 6.93. The first-order valence-corrected chi connectivity index (χ1v) is 24.2. The Morgan fingerprint density at radius 3 is 2.03 bits per heavy atom. The quantitative estimate of drug-likeness (QED) is 0.179. The third-order valence-electron chi connectivity index (χ3n) is 15.8. The number of rotatable bonds is 4. The van der Waals surface area contributed by atoms with Crippen LogP contribution in [0.15, 0.2) is 159 Å². The second kappa shape index (κ2) is 13.6. The van der Waals surface area contributed by atoms with Gasteiger partial charge in [0.15, 0.2) is 7.28 Å². The number of hydrogen-bond donors (Lipinski definition) is 1. The van der Waals surface area contributed by atoms with E-state index in [0.717, 1.165) is 103 Å². The van der Waals surface area contributed by atoms with E-state index < -0.39 is 0 Å². The van der Waals surface area contributed by atoms with Crippen molar-refractivity contribution in [2.45, 2.75) is 77.6 Å². The van der Waals surface area contributed by atoms with Crippen molar-refractivity contribution >= 4 is 106 Å². The molecule has 0 radical (unpaired) electrons. The average molecular weight is 883 g/mol. The van der Waals surface area contributed by atoms with E-state index >= 15 is 0 Å². The topological polar surface area (TPSA) is 56.4 Å². The zero-order valence-corrected chi connectivity index (χ0v) is 39.6. The van der Waals surface area contributed by atoms with Crippen molar-refractivity contribution in [3.05, 3.63) is 162 Å². The highest BCUT2D eigenvalue weighted by Crippen LogP contribution is 2.50. The van der Waals surface area contributed by atoms with Gasteiger partial charge in [0.2, 0.25) is 0 Å². The average Bonchev–Trinajstić information content (AvgIpc) is 4.09. The van der Waals surface area contributed by atoms with Gasteiger partial charge in [0.05, 0.1) is 11.2 Å². The molecule has 330 valence electrons. The minimum absolute atomic E-state index is 0.0476. The van der Waals surface area contributed by atoms with Gasteiger partial charge >= 0.3 is 0 Å². The Labute approximate surface area is 395 Å². The van der Waals surface area contributed by atoms with Crippen LogP contribution in [0.2, 0.25) is 0 Å². The Morgan fingerprint density at radius 2 is 1.24 bits per heavy atom. The predicted octanol–water partition coefficient (Wildman–Crippen LogP) is 15.8. The van der Waals surface area contributed by atoms with Crippen molar-refractivity contribution < 1.29 is 13.3 Å². The molecular formula is C62H51BN2O3. The highest BCUT2D eigenvalue weighted by atomic mass is 16.3. The van der Waals surface area contributed by atoms with E-state index in [-0.39, 0.29) is 16.2 Å². The van der Waals surface area contributed by atoms with Gasteiger partial charge in [0, 0.05) is 77.9 Å². The van der Waals surface area contributed by atoms with Gasteiger partial charge in [-0.1, -0.05) is 127 Å². The molecule has 0 unspecified atom stereocenters. The third-order valence-corrected chi connectivity index (χ3v) is 15.8. The van der Waals surface area contributed by atoms with Crippen molar-refractivity contribution in [2.24, 2.45) is 0 Å². The molecule has 1 aliphatic heterocycles. The number of benzene rings is 8. The first kappa shape index (κ1) is 39.7. The molecule has 0 bridgehead atoms. The zero-order valence-electron chi connectivity index (χ0n) is 39.6. The van der Waals surface area contributed by atoms with Crippen LogP contribution < -0.4 is 16.2 Å². The van der Waals surface area contributed by atoms with E-state index in [4.69, 9.17) is 13.3 Å². The Kier molecular flexibility index (Phi) is 7.94. The fourth-order valence-electron chi connectivity index (χ4n) is 11.9. The minimum atomic E-state index is 0.0476. The summed E-state index contributed by atoms with van der Waals surface area (Å²) >= 11 is 0. The molecule has 5 heterocycles. The van der Waals surface area contributed by atoms with E-state index in [1.165, 1.54) is 60.5 Å². The van der Waals surface area contributed by atoms with Crippen molar-refractivity contribution in [1.82, 2.24) is 4.57 Å². The molecule has 6 heteroatoms. The van der Waals surface area contributed by atoms with E-state index in [1.807, 2.05) is 12.1 Å². The summed E-state index contributed by atoms with van der Waals surface area (Å²) in [5.74, 6) is 0.868. The van der Waals surface area contributed by atoms with Crippen LogP contribution in [-0.2, 0) is 16.2 Å². The number of aromatic nitrogens is 1. The normalized spacial score (nSPS) is 15.2. The van der Waals surface area contributed by atoms with Gasteiger partial charge in [-0.15, -0.1) is 0 Å². The summed E-state index contributed by atoms with van der Waals surface area (Å²) in [5.41, 5.74) is 20.3. The smallest absolute Gasteiger partial charge is 0.198 e. The molecular weight excluding hydrogens is 832 g/mol. The lowest BCUT2D eigenvalue weighted by molar-refractivity contribution is 0.332. The molecule has 2 aliphatic rings. The molecule has 1 N–H and O–H groups in total. The van der Waals surface area contributed by atoms with Crippen LogP contribution in [-0.4, -0.2) is 11.8 Å². The summed E-state index contributed by atoms with van der Waals surface area (Å²) in [6.45, 7) is 16.4. The molecule has 0 fully saturated rings. The SMILES string of the molecule is CC(C)(C)c1ccc(Nc2cc3oc4cc5c(cc4c3cc2-c2ccc3c4cc6c(cc4n4c3c2Bc2cc3oc(-c7ccccc7)cc3cc2-4)oc2ccccc26)C(C)(C)CCC5(C)C)cc1. The molecule has 0 saturated heterocycles. The van der Waals surface area contributed by atoms with E-state index in [0.29, 0.717) is 0 Å². The van der Waals surface area contributed by atoms with Crippen molar-refractivity contribution in [3.8, 4) is 28.1 Å². The van der Waals surface area contributed by atoms with Crippen LogP contribution in [0.4, 0.5) is 11.4 Å². The van der Waals surface area contributed by atoms with E-state index in [1.54, 1.807) is 0 Å².